The van der Waals surface area contributed by atoms with Gasteiger partial charge in [0.15, 0.2) is 0 Å². The number of hydrogen-bond acceptors (Lipinski definition) is 6. The van der Waals surface area contributed by atoms with Crippen LogP contribution in [0.4, 0.5) is 0 Å². The average molecular weight is 1510 g/mol. The minimum absolute atomic E-state index is 0. The number of benzene rings is 4. The van der Waals surface area contributed by atoms with Crippen molar-refractivity contribution in [1.82, 2.24) is 0 Å². The monoisotopic (exact) mass is 1500 g/mol. The van der Waals surface area contributed by atoms with Crippen molar-refractivity contribution in [1.29, 1.82) is 0 Å². The van der Waals surface area contributed by atoms with E-state index >= 15 is 0 Å². The summed E-state index contributed by atoms with van der Waals surface area (Å²) in [5.74, 6) is 0. The van der Waals surface area contributed by atoms with E-state index in [2.05, 4.69) is 39.8 Å². The molecule has 4 rings (SSSR count). The van der Waals surface area contributed by atoms with Gasteiger partial charge in [-0.3, -0.25) is 0 Å². The quantitative estimate of drug-likeness (QED) is 0.0247. The van der Waals surface area contributed by atoms with Gasteiger partial charge < -0.3 is 9.11 Å². The van der Waals surface area contributed by atoms with Crippen LogP contribution in [0.15, 0.2) is 70.5 Å². The smallest absolute Gasteiger partial charge is 0.744 e. The third-order valence-corrected chi connectivity index (χ3v) is 22.9. The van der Waals surface area contributed by atoms with Crippen LogP contribution in [0, 0.1) is 0 Å². The minimum Gasteiger partial charge on any atom is -0.744 e. The predicted octanol–water partition coefficient (Wildman–Crippen LogP) is 28.8. The molecule has 0 spiro atoms. The molecule has 0 heterocycles. The van der Waals surface area contributed by atoms with Crippen molar-refractivity contribution in [2.75, 3.05) is 0 Å². The normalized spacial score (nSPS) is 11.9. The molecule has 0 aliphatic carbocycles. The van der Waals surface area contributed by atoms with E-state index in [0.29, 0.717) is 10.8 Å². The van der Waals surface area contributed by atoms with Gasteiger partial charge in [0, 0.05) is 0 Å². The van der Waals surface area contributed by atoms with Crippen molar-refractivity contribution in [3.63, 3.8) is 0 Å². The van der Waals surface area contributed by atoms with Gasteiger partial charge in [-0.2, -0.15) is 0 Å². The Kier molecular flexibility index (Phi) is 59.9. The van der Waals surface area contributed by atoms with E-state index in [0.717, 1.165) is 49.3 Å². The first-order valence-corrected chi connectivity index (χ1v) is 44.8. The molecule has 97 heavy (non-hydrogen) atoms. The van der Waals surface area contributed by atoms with Crippen molar-refractivity contribution in [2.24, 2.45) is 0 Å². The molecule has 552 valence electrons. The van der Waals surface area contributed by atoms with Crippen LogP contribution in [0.1, 0.15) is 435 Å². The van der Waals surface area contributed by atoms with Crippen LogP contribution in [0.25, 0.3) is 21.5 Å². The van der Waals surface area contributed by atoms with Crippen LogP contribution in [0.2, 0.25) is 0 Å². The summed E-state index contributed by atoms with van der Waals surface area (Å²) in [6.45, 7) is 9.14. The second kappa shape index (κ2) is 63.3. The van der Waals surface area contributed by atoms with E-state index in [1.54, 1.807) is 12.1 Å². The maximum absolute atomic E-state index is 12.0. The number of fused-ring (bicyclic) bond motifs is 2. The summed E-state index contributed by atoms with van der Waals surface area (Å²) in [6, 6.07) is 18.5. The van der Waals surface area contributed by atoms with Gasteiger partial charge in [0.05, 0.1) is 9.79 Å². The molecule has 0 amide bonds. The molecule has 0 aliphatic heterocycles. The van der Waals surface area contributed by atoms with Gasteiger partial charge in [-0.25, -0.2) is 16.8 Å². The van der Waals surface area contributed by atoms with Crippen LogP contribution in [-0.2, 0) is 45.9 Å². The summed E-state index contributed by atoms with van der Waals surface area (Å²) in [7, 11) is -9.01. The summed E-state index contributed by atoms with van der Waals surface area (Å²) >= 11 is 0. The van der Waals surface area contributed by atoms with Crippen molar-refractivity contribution in [2.45, 2.75) is 448 Å². The molecule has 0 N–H and O–H groups in total. The van der Waals surface area contributed by atoms with Crippen LogP contribution < -0.4 is 0 Å². The summed E-state index contributed by atoms with van der Waals surface area (Å²) in [5.41, 5.74) is 5.25. The summed E-state index contributed by atoms with van der Waals surface area (Å²) in [4.78, 5) is -0.146. The van der Waals surface area contributed by atoms with E-state index in [4.69, 9.17) is 0 Å². The fourth-order valence-electron chi connectivity index (χ4n) is 15.1. The van der Waals surface area contributed by atoms with Crippen LogP contribution in [-0.4, -0.2) is 74.8 Å². The SMILES string of the molecule is CCCCCCCCCCCCCCCCCc1ccc2c(S(=O)(=O)[O-])cccc2c1CCCCCCCCCCCCCCCCC.CCCCCCCCCCCCCCCCCc1ccc2c(S(=O)(=O)[O-])cccc2c1CCCCCCCCCCCCCCCCC.[Ba+2]. The van der Waals surface area contributed by atoms with Crippen LogP contribution >= 0.6 is 0 Å². The molecule has 0 saturated heterocycles. The minimum atomic E-state index is -4.50. The third-order valence-electron chi connectivity index (χ3n) is 21.2. The maximum atomic E-state index is 12.0. The summed E-state index contributed by atoms with van der Waals surface area (Å²) in [5, 5.41) is 3.14. The third kappa shape index (κ3) is 46.3. The summed E-state index contributed by atoms with van der Waals surface area (Å²) in [6.07, 6.45) is 85.5. The van der Waals surface area contributed by atoms with E-state index in [1.165, 1.54) is 407 Å². The van der Waals surface area contributed by atoms with Crippen molar-refractivity contribution in [3.8, 4) is 0 Å². The molecule has 6 nitrogen and oxygen atoms in total. The van der Waals surface area contributed by atoms with Crippen LogP contribution in [0.3, 0.4) is 0 Å². The van der Waals surface area contributed by atoms with Crippen molar-refractivity contribution in [3.05, 3.63) is 82.9 Å². The molecule has 0 aromatic heterocycles. The van der Waals surface area contributed by atoms with Gasteiger partial charge in [0.25, 0.3) is 0 Å². The molecule has 0 radical (unpaired) electrons. The molecule has 9 heteroatoms. The van der Waals surface area contributed by atoms with Crippen LogP contribution in [0.5, 0.6) is 0 Å². The van der Waals surface area contributed by atoms with Gasteiger partial charge in [-0.05, 0) is 107 Å². The molecule has 0 aliphatic rings. The Labute approximate surface area is 642 Å². The predicted molar refractivity (Wildman–Crippen MR) is 424 cm³/mol. The van der Waals surface area contributed by atoms with E-state index in [-0.39, 0.29) is 58.7 Å². The second-order valence-electron chi connectivity index (χ2n) is 29.8. The number of unbranched alkanes of at least 4 members (excludes halogenated alkanes) is 56. The Morgan fingerprint density at radius 1 is 0.216 bits per heavy atom. The Bertz CT molecular complexity index is 2500. The topological polar surface area (TPSA) is 114 Å². The first-order chi connectivity index (χ1) is 47.0. The van der Waals surface area contributed by atoms with Crippen molar-refractivity contribution < 1.29 is 25.9 Å². The Morgan fingerprint density at radius 3 is 0.577 bits per heavy atom. The molecule has 0 bridgehead atoms. The second-order valence-corrected chi connectivity index (χ2v) is 32.5. The molecule has 0 unspecified atom stereocenters. The fraction of sp³-hybridized carbons (Fsp3) is 0.773. The fourth-order valence-corrected chi connectivity index (χ4v) is 16.5. The molecular formula is C88H150BaO6S2. The van der Waals surface area contributed by atoms with Gasteiger partial charge in [0.2, 0.25) is 0 Å². The zero-order valence-corrected chi connectivity index (χ0v) is 70.1. The van der Waals surface area contributed by atoms with Gasteiger partial charge in [-0.15, -0.1) is 0 Å². The van der Waals surface area contributed by atoms with E-state index < -0.39 is 20.2 Å². The van der Waals surface area contributed by atoms with Gasteiger partial charge in [-0.1, -0.05) is 436 Å². The number of hydrogen-bond donors (Lipinski definition) is 0. The van der Waals surface area contributed by atoms with E-state index in [1.807, 2.05) is 24.3 Å². The van der Waals surface area contributed by atoms with Crippen molar-refractivity contribution >= 4 is 90.7 Å². The van der Waals surface area contributed by atoms with Gasteiger partial charge in [0.1, 0.15) is 20.2 Å². The number of aryl methyl sites for hydroxylation is 4. The Balaban J connectivity index is 0.000000653. The Hall–Kier alpha value is -1.21. The molecule has 0 fully saturated rings. The molecule has 4 aromatic rings. The maximum Gasteiger partial charge on any atom is 2.00 e. The summed E-state index contributed by atoms with van der Waals surface area (Å²) < 4.78 is 72.1. The number of rotatable bonds is 66. The largest absolute Gasteiger partial charge is 2.00 e. The molecule has 4 aromatic carbocycles. The van der Waals surface area contributed by atoms with Gasteiger partial charge >= 0.3 is 48.9 Å². The molecule has 0 saturated carbocycles. The first-order valence-electron chi connectivity index (χ1n) is 42.0. The molecular weight excluding hydrogens is 1350 g/mol. The average Bonchev–Trinajstić information content (AvgIpc) is 0.787. The zero-order chi connectivity index (χ0) is 69.1. The molecule has 0 atom stereocenters. The van der Waals surface area contributed by atoms with E-state index in [9.17, 15) is 25.9 Å². The first kappa shape index (κ1) is 91.9. The zero-order valence-electron chi connectivity index (χ0n) is 64.0. The Morgan fingerprint density at radius 2 is 0.392 bits per heavy atom. The standard InChI is InChI=1S/2C44H76O3S.Ba/c2*1-3-5-7-9-11-13-15-17-19-21-23-25-27-29-31-34-40-38-39-43-42(36-33-37-44(43)48(45,46)47)41(40)35-32-30-28-26-24-22-20-18-16-14-12-10-8-6-4-2;/h2*33,36-39H,3-32,34-35H2,1-2H3,(H,45,46,47);/q;;+2/p-2.